The van der Waals surface area contributed by atoms with Gasteiger partial charge in [0, 0.05) is 31.8 Å². The molecular formula is C18H10Cl2FNOS2. The van der Waals surface area contributed by atoms with E-state index in [4.69, 9.17) is 23.2 Å². The van der Waals surface area contributed by atoms with Crippen LogP contribution in [-0.2, 0) is 5.75 Å². The molecule has 2 nitrogen and oxygen atoms in total. The van der Waals surface area contributed by atoms with Gasteiger partial charge in [0.05, 0.1) is 9.90 Å². The second-order valence-corrected chi connectivity index (χ2v) is 8.39. The Morgan fingerprint density at radius 2 is 1.96 bits per heavy atom. The molecule has 1 aliphatic heterocycles. The highest BCUT2D eigenvalue weighted by Gasteiger charge is 2.22. The molecule has 1 aromatic heterocycles. The average Bonchev–Trinajstić information content (AvgIpc) is 3.02. The molecule has 126 valence electrons. The molecular weight excluding hydrogens is 400 g/mol. The van der Waals surface area contributed by atoms with Gasteiger partial charge in [-0.2, -0.15) is 0 Å². The smallest absolute Gasteiger partial charge is 0.265 e. The lowest BCUT2D eigenvalue weighted by Gasteiger charge is -2.15. The molecule has 0 unspecified atom stereocenters. The van der Waals surface area contributed by atoms with Crippen molar-refractivity contribution >= 4 is 57.9 Å². The summed E-state index contributed by atoms with van der Waals surface area (Å²) in [5.74, 6) is 0.0515. The molecule has 0 radical (unpaired) electrons. The first-order valence-electron chi connectivity index (χ1n) is 7.33. The van der Waals surface area contributed by atoms with Crippen molar-refractivity contribution in [3.8, 4) is 10.4 Å². The lowest BCUT2D eigenvalue weighted by atomic mass is 10.1. The fraction of sp³-hybridized carbons (Fsp3) is 0.0556. The molecule has 0 atom stereocenters. The molecule has 25 heavy (non-hydrogen) atoms. The molecule has 2 aromatic carbocycles. The summed E-state index contributed by atoms with van der Waals surface area (Å²) in [6.07, 6.45) is 0. The van der Waals surface area contributed by atoms with Crippen molar-refractivity contribution in [2.75, 3.05) is 5.32 Å². The number of carbonyl (C=O) groups excluding carboxylic acids is 1. The minimum absolute atomic E-state index is 0.0227. The van der Waals surface area contributed by atoms with E-state index in [2.05, 4.69) is 5.32 Å². The Hall–Kier alpha value is -1.53. The number of halogens is 3. The fourth-order valence-electron chi connectivity index (χ4n) is 2.60. The van der Waals surface area contributed by atoms with Crippen molar-refractivity contribution in [3.05, 3.63) is 68.8 Å². The van der Waals surface area contributed by atoms with Gasteiger partial charge in [0.15, 0.2) is 0 Å². The number of carbonyl (C=O) groups is 1. The first-order valence-corrected chi connectivity index (χ1v) is 9.89. The van der Waals surface area contributed by atoms with Gasteiger partial charge in [-0.25, -0.2) is 4.39 Å². The number of hydrogen-bond acceptors (Lipinski definition) is 3. The van der Waals surface area contributed by atoms with Crippen LogP contribution in [-0.4, -0.2) is 5.91 Å². The standard InChI is InChI=1S/C18H10Cl2FNOS2/c19-10-1-3-12-15(6-10)24-8-9-5-16(25-17(9)12)18(23)22-11-2-4-14(21)13(20)7-11/h1-7H,8H2,(H,22,23). The molecule has 0 bridgehead atoms. The molecule has 2 heterocycles. The fourth-order valence-corrected chi connectivity index (χ4v) is 5.36. The lowest BCUT2D eigenvalue weighted by molar-refractivity contribution is 0.103. The Bertz CT molecular complexity index is 1000. The van der Waals surface area contributed by atoms with Gasteiger partial charge in [-0.1, -0.05) is 29.3 Å². The van der Waals surface area contributed by atoms with Gasteiger partial charge in [0.2, 0.25) is 0 Å². The summed E-state index contributed by atoms with van der Waals surface area (Å²) in [5.41, 5.74) is 2.70. The predicted molar refractivity (Wildman–Crippen MR) is 104 cm³/mol. The highest BCUT2D eigenvalue weighted by atomic mass is 35.5. The SMILES string of the molecule is O=C(Nc1ccc(F)c(Cl)c1)c1cc2c(s1)-c1ccc(Cl)cc1SC2. The van der Waals surface area contributed by atoms with Gasteiger partial charge in [0.1, 0.15) is 5.82 Å². The Kier molecular flexibility index (Phi) is 4.50. The second kappa shape index (κ2) is 6.65. The molecule has 7 heteroatoms. The van der Waals surface area contributed by atoms with E-state index in [1.807, 2.05) is 24.3 Å². The monoisotopic (exact) mass is 409 g/mol. The first kappa shape index (κ1) is 16.9. The van der Waals surface area contributed by atoms with Gasteiger partial charge < -0.3 is 5.32 Å². The zero-order valence-electron chi connectivity index (χ0n) is 12.6. The molecule has 3 aromatic rings. The second-order valence-electron chi connectivity index (χ2n) is 5.48. The summed E-state index contributed by atoms with van der Waals surface area (Å²) in [5, 5.41) is 3.44. The number of benzene rings is 2. The lowest BCUT2D eigenvalue weighted by Crippen LogP contribution is -2.10. The van der Waals surface area contributed by atoms with E-state index in [-0.39, 0.29) is 10.9 Å². The first-order chi connectivity index (χ1) is 12.0. The van der Waals surface area contributed by atoms with Crippen LogP contribution in [0.4, 0.5) is 10.1 Å². The van der Waals surface area contributed by atoms with Crippen LogP contribution < -0.4 is 5.32 Å². The van der Waals surface area contributed by atoms with Gasteiger partial charge >= 0.3 is 0 Å². The highest BCUT2D eigenvalue weighted by Crippen LogP contribution is 2.46. The van der Waals surface area contributed by atoms with E-state index in [0.717, 1.165) is 26.7 Å². The van der Waals surface area contributed by atoms with Crippen molar-refractivity contribution in [3.63, 3.8) is 0 Å². The van der Waals surface area contributed by atoms with E-state index in [0.29, 0.717) is 15.6 Å². The van der Waals surface area contributed by atoms with E-state index in [9.17, 15) is 9.18 Å². The summed E-state index contributed by atoms with van der Waals surface area (Å²) in [6.45, 7) is 0. The van der Waals surface area contributed by atoms with Gasteiger partial charge in [-0.3, -0.25) is 4.79 Å². The van der Waals surface area contributed by atoms with Crippen molar-refractivity contribution in [2.24, 2.45) is 0 Å². The van der Waals surface area contributed by atoms with E-state index < -0.39 is 5.82 Å². The normalized spacial score (nSPS) is 12.4. The molecule has 1 amide bonds. The third-order valence-electron chi connectivity index (χ3n) is 3.78. The van der Waals surface area contributed by atoms with Crippen molar-refractivity contribution in [2.45, 2.75) is 10.6 Å². The predicted octanol–water partition coefficient (Wildman–Crippen LogP) is 6.72. The molecule has 0 saturated carbocycles. The minimum atomic E-state index is -0.515. The van der Waals surface area contributed by atoms with Crippen molar-refractivity contribution in [1.82, 2.24) is 0 Å². The third-order valence-corrected chi connectivity index (χ3v) is 6.62. The van der Waals surface area contributed by atoms with Crippen LogP contribution in [0.2, 0.25) is 10.0 Å². The summed E-state index contributed by atoms with van der Waals surface area (Å²) in [7, 11) is 0. The van der Waals surface area contributed by atoms with Crippen LogP contribution in [0, 0.1) is 5.82 Å². The summed E-state index contributed by atoms with van der Waals surface area (Å²) < 4.78 is 13.2. The summed E-state index contributed by atoms with van der Waals surface area (Å²) in [6, 6.07) is 11.8. The van der Waals surface area contributed by atoms with E-state index >= 15 is 0 Å². The molecule has 1 aliphatic rings. The number of thiophene rings is 1. The number of amides is 1. The van der Waals surface area contributed by atoms with Crippen molar-refractivity contribution in [1.29, 1.82) is 0 Å². The van der Waals surface area contributed by atoms with E-state index in [1.165, 1.54) is 29.5 Å². The quantitative estimate of drug-likeness (QED) is 0.508. The van der Waals surface area contributed by atoms with E-state index in [1.54, 1.807) is 11.8 Å². The number of nitrogens with one attached hydrogen (secondary N) is 1. The molecule has 0 spiro atoms. The topological polar surface area (TPSA) is 29.1 Å². The molecule has 4 rings (SSSR count). The van der Waals surface area contributed by atoms with Crippen LogP contribution in [0.1, 0.15) is 15.2 Å². The van der Waals surface area contributed by atoms with Gasteiger partial charge in [-0.15, -0.1) is 23.1 Å². The Balaban J connectivity index is 1.63. The van der Waals surface area contributed by atoms with Crippen LogP contribution in [0.5, 0.6) is 0 Å². The number of fused-ring (bicyclic) bond motifs is 3. The van der Waals surface area contributed by atoms with Crippen molar-refractivity contribution < 1.29 is 9.18 Å². The number of anilines is 1. The van der Waals surface area contributed by atoms with Crippen LogP contribution in [0.15, 0.2) is 47.4 Å². The van der Waals surface area contributed by atoms with Crippen LogP contribution in [0.25, 0.3) is 10.4 Å². The Morgan fingerprint density at radius 1 is 1.12 bits per heavy atom. The maximum absolute atomic E-state index is 13.2. The molecule has 1 N–H and O–H groups in total. The molecule has 0 fully saturated rings. The molecule has 0 saturated heterocycles. The van der Waals surface area contributed by atoms with Gasteiger partial charge in [0.25, 0.3) is 5.91 Å². The number of hydrogen-bond donors (Lipinski definition) is 1. The van der Waals surface area contributed by atoms with Crippen LogP contribution in [0.3, 0.4) is 0 Å². The molecule has 0 aliphatic carbocycles. The zero-order valence-corrected chi connectivity index (χ0v) is 15.8. The average molecular weight is 410 g/mol. The minimum Gasteiger partial charge on any atom is -0.321 e. The number of rotatable bonds is 2. The van der Waals surface area contributed by atoms with Gasteiger partial charge in [-0.05, 0) is 42.0 Å². The summed E-state index contributed by atoms with van der Waals surface area (Å²) >= 11 is 15.0. The number of thioether (sulfide) groups is 1. The van der Waals surface area contributed by atoms with Crippen LogP contribution >= 0.6 is 46.3 Å². The summed E-state index contributed by atoms with van der Waals surface area (Å²) in [4.78, 5) is 15.3. The maximum Gasteiger partial charge on any atom is 0.265 e. The third kappa shape index (κ3) is 3.29. The maximum atomic E-state index is 13.2. The zero-order chi connectivity index (χ0) is 17.6. The Morgan fingerprint density at radius 3 is 2.76 bits per heavy atom. The Labute approximate surface area is 162 Å². The largest absolute Gasteiger partial charge is 0.321 e. The highest BCUT2D eigenvalue weighted by molar-refractivity contribution is 7.98.